The van der Waals surface area contributed by atoms with Gasteiger partial charge in [0.25, 0.3) is 6.01 Å². The summed E-state index contributed by atoms with van der Waals surface area (Å²) in [6.07, 6.45) is 0. The van der Waals surface area contributed by atoms with Gasteiger partial charge in [0, 0.05) is 7.05 Å². The molecular weight excluding hydrogens is 314 g/mol. The Balaban J connectivity index is 1.88. The summed E-state index contributed by atoms with van der Waals surface area (Å²) in [7, 11) is -1.80. The maximum absolute atomic E-state index is 11.3. The lowest BCUT2D eigenvalue weighted by Gasteiger charge is -2.23. The fourth-order valence-corrected chi connectivity index (χ4v) is 2.85. The molecule has 1 heterocycles. The van der Waals surface area contributed by atoms with Crippen LogP contribution in [0.5, 0.6) is 0 Å². The Morgan fingerprint density at radius 1 is 1.13 bits per heavy atom. The molecule has 0 spiro atoms. The number of aromatic nitrogens is 1. The van der Waals surface area contributed by atoms with Crippen LogP contribution in [0.3, 0.4) is 0 Å². The molecule has 0 radical (unpaired) electrons. The molecule has 6 nitrogen and oxygen atoms in total. The van der Waals surface area contributed by atoms with E-state index < -0.39 is 10.0 Å². The van der Waals surface area contributed by atoms with E-state index >= 15 is 0 Å². The number of rotatable bonds is 4. The minimum atomic E-state index is -3.68. The predicted octanol–water partition coefficient (Wildman–Crippen LogP) is 2.67. The highest BCUT2D eigenvalue weighted by molar-refractivity contribution is 7.89. The second kappa shape index (κ2) is 5.68. The van der Waals surface area contributed by atoms with E-state index in [1.54, 1.807) is 12.1 Å². The van der Waals surface area contributed by atoms with Gasteiger partial charge in [-0.15, -0.1) is 0 Å². The lowest BCUT2D eigenvalue weighted by molar-refractivity contribution is 0.557. The zero-order chi connectivity index (χ0) is 16.6. The van der Waals surface area contributed by atoms with E-state index in [0.717, 1.165) is 16.7 Å². The average molecular weight is 331 g/mol. The Hall–Kier alpha value is -2.38. The van der Waals surface area contributed by atoms with Crippen LogP contribution in [0.2, 0.25) is 0 Å². The number of hydrogen-bond donors (Lipinski definition) is 1. The fraction of sp³-hybridized carbons (Fsp3) is 0.188. The van der Waals surface area contributed by atoms with Crippen molar-refractivity contribution >= 4 is 27.1 Å². The van der Waals surface area contributed by atoms with Crippen LogP contribution >= 0.6 is 0 Å². The number of para-hydroxylation sites is 2. The summed E-state index contributed by atoms with van der Waals surface area (Å²) in [6.45, 7) is 1.99. The molecule has 0 unspecified atom stereocenters. The molecule has 2 N–H and O–H groups in total. The molecule has 1 atom stereocenters. The third-order valence-electron chi connectivity index (χ3n) is 3.86. The molecule has 0 bridgehead atoms. The number of benzene rings is 2. The van der Waals surface area contributed by atoms with Crippen LogP contribution in [0.1, 0.15) is 18.5 Å². The Morgan fingerprint density at radius 3 is 2.39 bits per heavy atom. The van der Waals surface area contributed by atoms with E-state index in [1.165, 1.54) is 12.1 Å². The molecular formula is C16H17N3O3S. The normalized spacial score (nSPS) is 13.2. The fourth-order valence-electron chi connectivity index (χ4n) is 2.34. The van der Waals surface area contributed by atoms with Crippen molar-refractivity contribution in [3.63, 3.8) is 0 Å². The van der Waals surface area contributed by atoms with Gasteiger partial charge >= 0.3 is 0 Å². The van der Waals surface area contributed by atoms with Gasteiger partial charge in [0.15, 0.2) is 5.58 Å². The number of nitrogens with zero attached hydrogens (tertiary/aromatic N) is 2. The van der Waals surface area contributed by atoms with Gasteiger partial charge in [-0.25, -0.2) is 13.6 Å². The maximum atomic E-state index is 11.3. The van der Waals surface area contributed by atoms with Crippen molar-refractivity contribution in [2.24, 2.45) is 5.14 Å². The highest BCUT2D eigenvalue weighted by atomic mass is 32.2. The van der Waals surface area contributed by atoms with Crippen molar-refractivity contribution in [3.05, 3.63) is 54.1 Å². The van der Waals surface area contributed by atoms with Crippen LogP contribution in [0.4, 0.5) is 6.01 Å². The van der Waals surface area contributed by atoms with E-state index in [1.807, 2.05) is 43.1 Å². The first-order valence-electron chi connectivity index (χ1n) is 7.07. The minimum Gasteiger partial charge on any atom is -0.423 e. The van der Waals surface area contributed by atoms with E-state index in [4.69, 9.17) is 9.56 Å². The number of oxazole rings is 1. The molecule has 120 valence electrons. The number of fused-ring (bicyclic) bond motifs is 1. The summed E-state index contributed by atoms with van der Waals surface area (Å²) in [4.78, 5) is 6.45. The lowest BCUT2D eigenvalue weighted by atomic mass is 10.1. The highest BCUT2D eigenvalue weighted by Gasteiger charge is 2.18. The summed E-state index contributed by atoms with van der Waals surface area (Å²) in [5.74, 6) is 0. The molecule has 0 aliphatic heterocycles. The topological polar surface area (TPSA) is 89.4 Å². The van der Waals surface area contributed by atoms with Gasteiger partial charge in [-0.05, 0) is 36.8 Å². The number of hydrogen-bond acceptors (Lipinski definition) is 5. The molecule has 2 aromatic carbocycles. The molecule has 0 saturated carbocycles. The molecule has 1 aromatic heterocycles. The largest absolute Gasteiger partial charge is 0.423 e. The zero-order valence-corrected chi connectivity index (χ0v) is 13.6. The molecule has 0 amide bonds. The predicted molar refractivity (Wildman–Crippen MR) is 88.6 cm³/mol. The SMILES string of the molecule is C[C@@H](c1ccc(S(N)(=O)=O)cc1)N(C)c1nc2ccccc2o1. The molecule has 0 aliphatic carbocycles. The second-order valence-corrected chi connectivity index (χ2v) is 6.93. The van der Waals surface area contributed by atoms with Crippen molar-refractivity contribution < 1.29 is 12.8 Å². The standard InChI is InChI=1S/C16H17N3O3S/c1-11(12-7-9-13(10-8-12)23(17,20)21)19(2)16-18-14-5-3-4-6-15(14)22-16/h3-11H,1-2H3,(H2,17,20,21)/t11-/m0/s1. The summed E-state index contributed by atoms with van der Waals surface area (Å²) in [5, 5.41) is 5.11. The third kappa shape index (κ3) is 3.06. The number of anilines is 1. The van der Waals surface area contributed by atoms with E-state index in [9.17, 15) is 8.42 Å². The van der Waals surface area contributed by atoms with Crippen molar-refractivity contribution in [3.8, 4) is 0 Å². The van der Waals surface area contributed by atoms with Gasteiger partial charge in [-0.2, -0.15) is 4.98 Å². The van der Waals surface area contributed by atoms with Gasteiger partial charge < -0.3 is 9.32 Å². The number of primary sulfonamides is 1. The van der Waals surface area contributed by atoms with Gasteiger partial charge in [0.2, 0.25) is 10.0 Å². The van der Waals surface area contributed by atoms with Crippen LogP contribution < -0.4 is 10.0 Å². The van der Waals surface area contributed by atoms with Crippen molar-refractivity contribution in [2.75, 3.05) is 11.9 Å². The minimum absolute atomic E-state index is 0.0439. The van der Waals surface area contributed by atoms with Crippen LogP contribution in [0, 0.1) is 0 Å². The van der Waals surface area contributed by atoms with Crippen molar-refractivity contribution in [2.45, 2.75) is 17.9 Å². The summed E-state index contributed by atoms with van der Waals surface area (Å²) >= 11 is 0. The van der Waals surface area contributed by atoms with Gasteiger partial charge in [-0.3, -0.25) is 0 Å². The summed E-state index contributed by atoms with van der Waals surface area (Å²) in [5.41, 5.74) is 2.46. The molecule has 3 rings (SSSR count). The van der Waals surface area contributed by atoms with Crippen molar-refractivity contribution in [1.82, 2.24) is 4.98 Å². The first-order valence-corrected chi connectivity index (χ1v) is 8.62. The first-order chi connectivity index (χ1) is 10.9. The Kier molecular flexibility index (Phi) is 3.83. The first kappa shape index (κ1) is 15.5. The molecule has 0 aliphatic rings. The summed E-state index contributed by atoms with van der Waals surface area (Å²) in [6, 6.07) is 14.5. The monoisotopic (exact) mass is 331 g/mol. The molecule has 0 fully saturated rings. The maximum Gasteiger partial charge on any atom is 0.298 e. The molecule has 7 heteroatoms. The van der Waals surface area contributed by atoms with Crippen molar-refractivity contribution in [1.29, 1.82) is 0 Å². The highest BCUT2D eigenvalue weighted by Crippen LogP contribution is 2.28. The molecule has 3 aromatic rings. The molecule has 23 heavy (non-hydrogen) atoms. The zero-order valence-electron chi connectivity index (χ0n) is 12.8. The van der Waals surface area contributed by atoms with E-state index in [2.05, 4.69) is 4.98 Å². The Morgan fingerprint density at radius 2 is 1.78 bits per heavy atom. The van der Waals surface area contributed by atoms with Crippen LogP contribution in [-0.4, -0.2) is 20.4 Å². The lowest BCUT2D eigenvalue weighted by Crippen LogP contribution is -2.22. The van der Waals surface area contributed by atoms with Crippen LogP contribution in [-0.2, 0) is 10.0 Å². The Labute approximate surface area is 134 Å². The van der Waals surface area contributed by atoms with E-state index in [-0.39, 0.29) is 10.9 Å². The van der Waals surface area contributed by atoms with Gasteiger partial charge in [0.05, 0.1) is 10.9 Å². The quantitative estimate of drug-likeness (QED) is 0.794. The van der Waals surface area contributed by atoms with Crippen LogP contribution in [0.15, 0.2) is 57.8 Å². The number of nitrogens with two attached hydrogens (primary N) is 1. The van der Waals surface area contributed by atoms with Crippen LogP contribution in [0.25, 0.3) is 11.1 Å². The smallest absolute Gasteiger partial charge is 0.298 e. The summed E-state index contributed by atoms with van der Waals surface area (Å²) < 4.78 is 28.4. The van der Waals surface area contributed by atoms with Gasteiger partial charge in [0.1, 0.15) is 5.52 Å². The second-order valence-electron chi connectivity index (χ2n) is 5.37. The third-order valence-corrected chi connectivity index (χ3v) is 4.79. The van der Waals surface area contributed by atoms with Gasteiger partial charge in [-0.1, -0.05) is 24.3 Å². The van der Waals surface area contributed by atoms with E-state index in [0.29, 0.717) is 6.01 Å². The number of sulfonamides is 1. The average Bonchev–Trinajstić information content (AvgIpc) is 2.96. The molecule has 0 saturated heterocycles. The Bertz CT molecular complexity index is 900.